The van der Waals surface area contributed by atoms with Gasteiger partial charge < -0.3 is 10.4 Å². The standard InChI is InChI=1S/C12H21NO2/c1-9-5-10(2)7-11(6-9)8-13-4-3-12(14)15/h3-4,9-11,13H,5-8H2,1-2H3,(H,14,15)/b4-3+. The minimum absolute atomic E-state index is 0.696. The Kier molecular flexibility index (Phi) is 4.66. The van der Waals surface area contributed by atoms with Crippen LogP contribution >= 0.6 is 0 Å². The number of aliphatic carboxylic acids is 1. The number of hydrogen-bond acceptors (Lipinski definition) is 2. The molecule has 0 aromatic carbocycles. The predicted molar refractivity (Wildman–Crippen MR) is 60.4 cm³/mol. The van der Waals surface area contributed by atoms with Crippen LogP contribution in [-0.2, 0) is 4.79 Å². The Morgan fingerprint density at radius 3 is 2.47 bits per heavy atom. The molecule has 2 atom stereocenters. The second kappa shape index (κ2) is 5.79. The number of carboxylic acids is 1. The molecule has 0 aromatic rings. The van der Waals surface area contributed by atoms with Gasteiger partial charge in [-0.25, -0.2) is 4.79 Å². The van der Waals surface area contributed by atoms with E-state index in [0.717, 1.165) is 24.5 Å². The molecule has 3 nitrogen and oxygen atoms in total. The van der Waals surface area contributed by atoms with Gasteiger partial charge in [0.1, 0.15) is 0 Å². The van der Waals surface area contributed by atoms with E-state index in [9.17, 15) is 4.79 Å². The molecule has 2 unspecified atom stereocenters. The maximum absolute atomic E-state index is 10.2. The fourth-order valence-electron chi connectivity index (χ4n) is 2.65. The van der Waals surface area contributed by atoms with E-state index in [1.807, 2.05) is 0 Å². The van der Waals surface area contributed by atoms with E-state index in [1.54, 1.807) is 0 Å². The molecule has 0 radical (unpaired) electrons. The summed E-state index contributed by atoms with van der Waals surface area (Å²) in [6, 6.07) is 0. The van der Waals surface area contributed by atoms with E-state index in [-0.39, 0.29) is 0 Å². The molecule has 0 aliphatic heterocycles. The molecule has 0 saturated heterocycles. The third-order valence-electron chi connectivity index (χ3n) is 3.03. The molecule has 0 aromatic heterocycles. The van der Waals surface area contributed by atoms with Crippen LogP contribution in [0.2, 0.25) is 0 Å². The van der Waals surface area contributed by atoms with Gasteiger partial charge in [0.15, 0.2) is 0 Å². The van der Waals surface area contributed by atoms with Crippen molar-refractivity contribution in [3.63, 3.8) is 0 Å². The first kappa shape index (κ1) is 12.1. The van der Waals surface area contributed by atoms with Crippen molar-refractivity contribution < 1.29 is 9.90 Å². The quantitative estimate of drug-likeness (QED) is 0.701. The summed E-state index contributed by atoms with van der Waals surface area (Å²) < 4.78 is 0. The topological polar surface area (TPSA) is 49.3 Å². The van der Waals surface area contributed by atoms with Crippen molar-refractivity contribution >= 4 is 5.97 Å². The van der Waals surface area contributed by atoms with E-state index in [2.05, 4.69) is 19.2 Å². The molecule has 15 heavy (non-hydrogen) atoms. The monoisotopic (exact) mass is 211 g/mol. The van der Waals surface area contributed by atoms with Crippen molar-refractivity contribution in [3.05, 3.63) is 12.3 Å². The van der Waals surface area contributed by atoms with Crippen molar-refractivity contribution in [1.29, 1.82) is 0 Å². The molecular weight excluding hydrogens is 190 g/mol. The van der Waals surface area contributed by atoms with Crippen LogP contribution < -0.4 is 5.32 Å². The minimum Gasteiger partial charge on any atom is -0.478 e. The van der Waals surface area contributed by atoms with Crippen molar-refractivity contribution in [2.75, 3.05) is 6.54 Å². The molecular formula is C12H21NO2. The number of carboxylic acid groups (broad SMARTS) is 1. The average molecular weight is 211 g/mol. The van der Waals surface area contributed by atoms with E-state index in [4.69, 9.17) is 5.11 Å². The van der Waals surface area contributed by atoms with Gasteiger partial charge in [0.2, 0.25) is 0 Å². The van der Waals surface area contributed by atoms with E-state index in [1.165, 1.54) is 25.5 Å². The lowest BCUT2D eigenvalue weighted by atomic mass is 9.77. The summed E-state index contributed by atoms with van der Waals surface area (Å²) >= 11 is 0. The zero-order chi connectivity index (χ0) is 11.3. The first-order valence-corrected chi connectivity index (χ1v) is 5.70. The Bertz CT molecular complexity index is 228. The number of rotatable bonds is 4. The Hall–Kier alpha value is -0.990. The number of hydrogen-bond donors (Lipinski definition) is 2. The highest BCUT2D eigenvalue weighted by Gasteiger charge is 2.23. The highest BCUT2D eigenvalue weighted by molar-refractivity contribution is 5.79. The molecule has 1 fully saturated rings. The molecule has 2 N–H and O–H groups in total. The lowest BCUT2D eigenvalue weighted by Crippen LogP contribution is -2.27. The van der Waals surface area contributed by atoms with Gasteiger partial charge in [0.05, 0.1) is 0 Å². The maximum atomic E-state index is 10.2. The highest BCUT2D eigenvalue weighted by Crippen LogP contribution is 2.32. The Morgan fingerprint density at radius 1 is 1.33 bits per heavy atom. The first-order chi connectivity index (χ1) is 7.08. The molecule has 1 rings (SSSR count). The summed E-state index contributed by atoms with van der Waals surface area (Å²) in [4.78, 5) is 10.2. The van der Waals surface area contributed by atoms with Crippen LogP contribution in [0.1, 0.15) is 33.1 Å². The van der Waals surface area contributed by atoms with E-state index < -0.39 is 5.97 Å². The molecule has 1 aliphatic rings. The fourth-order valence-corrected chi connectivity index (χ4v) is 2.65. The molecule has 0 spiro atoms. The summed E-state index contributed by atoms with van der Waals surface area (Å²) in [6.07, 6.45) is 6.54. The Balaban J connectivity index is 2.23. The van der Waals surface area contributed by atoms with Crippen LogP contribution in [0.15, 0.2) is 12.3 Å². The lowest BCUT2D eigenvalue weighted by molar-refractivity contribution is -0.131. The molecule has 0 heterocycles. The Labute approximate surface area is 91.6 Å². The zero-order valence-corrected chi connectivity index (χ0v) is 9.57. The van der Waals surface area contributed by atoms with Gasteiger partial charge in [-0.05, 0) is 37.0 Å². The second-order valence-corrected chi connectivity index (χ2v) is 4.86. The van der Waals surface area contributed by atoms with Crippen molar-refractivity contribution in [2.45, 2.75) is 33.1 Å². The predicted octanol–water partition coefficient (Wildman–Crippen LogP) is 2.25. The second-order valence-electron chi connectivity index (χ2n) is 4.86. The van der Waals surface area contributed by atoms with Gasteiger partial charge in [0.25, 0.3) is 0 Å². The third-order valence-corrected chi connectivity index (χ3v) is 3.03. The van der Waals surface area contributed by atoms with Crippen LogP contribution in [0.4, 0.5) is 0 Å². The first-order valence-electron chi connectivity index (χ1n) is 5.70. The summed E-state index contributed by atoms with van der Waals surface area (Å²) in [7, 11) is 0. The summed E-state index contributed by atoms with van der Waals surface area (Å²) in [5.41, 5.74) is 0. The molecule has 86 valence electrons. The summed E-state index contributed by atoms with van der Waals surface area (Å²) in [5, 5.41) is 11.5. The molecule has 3 heteroatoms. The number of nitrogens with one attached hydrogen (secondary N) is 1. The van der Waals surface area contributed by atoms with E-state index >= 15 is 0 Å². The van der Waals surface area contributed by atoms with Crippen molar-refractivity contribution in [2.24, 2.45) is 17.8 Å². The largest absolute Gasteiger partial charge is 0.478 e. The van der Waals surface area contributed by atoms with Gasteiger partial charge in [0, 0.05) is 18.8 Å². The van der Waals surface area contributed by atoms with Crippen LogP contribution in [-0.4, -0.2) is 17.6 Å². The third kappa shape index (κ3) is 4.86. The van der Waals surface area contributed by atoms with Crippen molar-refractivity contribution in [3.8, 4) is 0 Å². The summed E-state index contributed by atoms with van der Waals surface area (Å²) in [6.45, 7) is 5.50. The molecule has 0 amide bonds. The van der Waals surface area contributed by atoms with Crippen LogP contribution in [0.3, 0.4) is 0 Å². The smallest absolute Gasteiger partial charge is 0.329 e. The minimum atomic E-state index is -0.895. The van der Waals surface area contributed by atoms with Crippen LogP contribution in [0.25, 0.3) is 0 Å². The van der Waals surface area contributed by atoms with Crippen LogP contribution in [0.5, 0.6) is 0 Å². The van der Waals surface area contributed by atoms with Gasteiger partial charge in [-0.3, -0.25) is 0 Å². The van der Waals surface area contributed by atoms with E-state index in [0.29, 0.717) is 5.92 Å². The van der Waals surface area contributed by atoms with Gasteiger partial charge in [-0.15, -0.1) is 0 Å². The average Bonchev–Trinajstić information content (AvgIpc) is 2.10. The number of carbonyl (C=O) groups is 1. The summed E-state index contributed by atoms with van der Waals surface area (Å²) in [5.74, 6) is 1.42. The van der Waals surface area contributed by atoms with Gasteiger partial charge >= 0.3 is 5.97 Å². The molecule has 1 aliphatic carbocycles. The fraction of sp³-hybridized carbons (Fsp3) is 0.750. The lowest BCUT2D eigenvalue weighted by Gasteiger charge is -2.31. The Morgan fingerprint density at radius 2 is 1.93 bits per heavy atom. The van der Waals surface area contributed by atoms with Crippen LogP contribution in [0, 0.1) is 17.8 Å². The zero-order valence-electron chi connectivity index (χ0n) is 9.57. The normalized spacial score (nSPS) is 31.7. The maximum Gasteiger partial charge on any atom is 0.329 e. The van der Waals surface area contributed by atoms with Gasteiger partial charge in [-0.1, -0.05) is 13.8 Å². The SMILES string of the molecule is CC1CC(C)CC(CN/C=C/C(=O)O)C1. The molecule has 0 bridgehead atoms. The van der Waals surface area contributed by atoms with Gasteiger partial charge in [-0.2, -0.15) is 0 Å². The molecule has 1 saturated carbocycles. The highest BCUT2D eigenvalue weighted by atomic mass is 16.4. The van der Waals surface area contributed by atoms with Crippen molar-refractivity contribution in [1.82, 2.24) is 5.32 Å².